The molecular formula is C19H23ClN2O2. The number of hydrogen-bond donors (Lipinski definition) is 1. The van der Waals surface area contributed by atoms with E-state index in [4.69, 9.17) is 10.5 Å². The Hall–Kier alpha value is -2.20. The van der Waals surface area contributed by atoms with Crippen molar-refractivity contribution in [2.45, 2.75) is 25.9 Å². The molecule has 0 radical (unpaired) electrons. The van der Waals surface area contributed by atoms with Gasteiger partial charge in [-0.2, -0.15) is 0 Å². The molecule has 1 aliphatic rings. The van der Waals surface area contributed by atoms with Crippen LogP contribution in [0.2, 0.25) is 0 Å². The molecule has 24 heavy (non-hydrogen) atoms. The summed E-state index contributed by atoms with van der Waals surface area (Å²) in [7, 11) is 0. The molecule has 0 saturated carbocycles. The first-order chi connectivity index (χ1) is 11.1. The fourth-order valence-corrected chi connectivity index (χ4v) is 2.91. The Kier molecular flexibility index (Phi) is 6.10. The largest absolute Gasteiger partial charge is 0.490 e. The Morgan fingerprint density at radius 2 is 1.79 bits per heavy atom. The standard InChI is InChI=1S/C19H22N2O2.ClH/c1-14-7-8-15(20)13-18(14)19(22)21-11-9-17(10-12-21)23-16-5-3-2-4-6-16;/h2-8,13,17H,9-12,20H2,1H3;1H. The minimum absolute atomic E-state index is 0. The zero-order chi connectivity index (χ0) is 16.2. The number of aryl methyl sites for hydroxylation is 1. The van der Waals surface area contributed by atoms with E-state index in [0.717, 1.165) is 24.2 Å². The van der Waals surface area contributed by atoms with Gasteiger partial charge in [0.15, 0.2) is 0 Å². The molecule has 3 rings (SSSR count). The van der Waals surface area contributed by atoms with Gasteiger partial charge in [0.25, 0.3) is 5.91 Å². The maximum atomic E-state index is 12.7. The Bertz CT molecular complexity index is 683. The van der Waals surface area contributed by atoms with Gasteiger partial charge in [0.2, 0.25) is 0 Å². The Balaban J connectivity index is 0.00000208. The summed E-state index contributed by atoms with van der Waals surface area (Å²) < 4.78 is 5.97. The van der Waals surface area contributed by atoms with Gasteiger partial charge in [0.05, 0.1) is 0 Å². The van der Waals surface area contributed by atoms with Gasteiger partial charge in [0, 0.05) is 37.2 Å². The number of nitrogens with two attached hydrogens (primary N) is 1. The molecule has 1 saturated heterocycles. The molecule has 0 atom stereocenters. The summed E-state index contributed by atoms with van der Waals surface area (Å²) in [6, 6.07) is 15.3. The van der Waals surface area contributed by atoms with Crippen LogP contribution < -0.4 is 10.5 Å². The molecular weight excluding hydrogens is 324 g/mol. The minimum Gasteiger partial charge on any atom is -0.490 e. The van der Waals surface area contributed by atoms with E-state index in [2.05, 4.69) is 0 Å². The van der Waals surface area contributed by atoms with Crippen molar-refractivity contribution >= 4 is 24.0 Å². The van der Waals surface area contributed by atoms with Crippen molar-refractivity contribution in [1.82, 2.24) is 4.90 Å². The first-order valence-corrected chi connectivity index (χ1v) is 8.00. The molecule has 0 aliphatic carbocycles. The quantitative estimate of drug-likeness (QED) is 0.862. The highest BCUT2D eigenvalue weighted by molar-refractivity contribution is 5.96. The molecule has 1 fully saturated rings. The zero-order valence-corrected chi connectivity index (χ0v) is 14.6. The first-order valence-electron chi connectivity index (χ1n) is 8.00. The number of likely N-dealkylation sites (tertiary alicyclic amines) is 1. The van der Waals surface area contributed by atoms with E-state index in [1.54, 1.807) is 6.07 Å². The Labute approximate surface area is 149 Å². The number of carbonyl (C=O) groups excluding carboxylic acids is 1. The molecule has 0 aromatic heterocycles. The fraction of sp³-hybridized carbons (Fsp3) is 0.316. The van der Waals surface area contributed by atoms with Crippen molar-refractivity contribution in [2.75, 3.05) is 18.8 Å². The van der Waals surface area contributed by atoms with Gasteiger partial charge in [-0.15, -0.1) is 12.4 Å². The third-order valence-electron chi connectivity index (χ3n) is 4.27. The van der Waals surface area contributed by atoms with Crippen LogP contribution in [0, 0.1) is 6.92 Å². The molecule has 0 bridgehead atoms. The van der Waals surface area contributed by atoms with Crippen molar-refractivity contribution in [1.29, 1.82) is 0 Å². The summed E-state index contributed by atoms with van der Waals surface area (Å²) in [4.78, 5) is 14.6. The van der Waals surface area contributed by atoms with Crippen LogP contribution in [0.5, 0.6) is 5.75 Å². The van der Waals surface area contributed by atoms with Gasteiger partial charge in [-0.3, -0.25) is 4.79 Å². The van der Waals surface area contributed by atoms with Gasteiger partial charge in [-0.25, -0.2) is 0 Å². The average molecular weight is 347 g/mol. The van der Waals surface area contributed by atoms with Crippen LogP contribution >= 0.6 is 12.4 Å². The Morgan fingerprint density at radius 1 is 1.12 bits per heavy atom. The maximum Gasteiger partial charge on any atom is 0.254 e. The highest BCUT2D eigenvalue weighted by Gasteiger charge is 2.25. The summed E-state index contributed by atoms with van der Waals surface area (Å²) in [6.45, 7) is 3.37. The number of nitrogen functional groups attached to an aromatic ring is 1. The normalized spacial score (nSPS) is 14.8. The minimum atomic E-state index is 0. The number of benzene rings is 2. The van der Waals surface area contributed by atoms with E-state index in [1.807, 2.05) is 54.3 Å². The summed E-state index contributed by atoms with van der Waals surface area (Å²) in [5.41, 5.74) is 8.10. The molecule has 4 nitrogen and oxygen atoms in total. The molecule has 1 amide bonds. The van der Waals surface area contributed by atoms with Crippen molar-refractivity contribution in [3.63, 3.8) is 0 Å². The van der Waals surface area contributed by atoms with Crippen LogP contribution in [-0.4, -0.2) is 30.0 Å². The summed E-state index contributed by atoms with van der Waals surface area (Å²) in [5.74, 6) is 0.955. The predicted molar refractivity (Wildman–Crippen MR) is 98.8 cm³/mol. The molecule has 1 heterocycles. The Morgan fingerprint density at radius 3 is 2.46 bits per heavy atom. The second-order valence-electron chi connectivity index (χ2n) is 6.00. The molecule has 0 unspecified atom stereocenters. The number of para-hydroxylation sites is 1. The van der Waals surface area contributed by atoms with Crippen molar-refractivity contribution in [3.8, 4) is 5.75 Å². The summed E-state index contributed by atoms with van der Waals surface area (Å²) in [5, 5.41) is 0. The maximum absolute atomic E-state index is 12.7. The van der Waals surface area contributed by atoms with E-state index in [-0.39, 0.29) is 24.4 Å². The SMILES string of the molecule is Cc1ccc(N)cc1C(=O)N1CCC(Oc2ccccc2)CC1.Cl. The highest BCUT2D eigenvalue weighted by Crippen LogP contribution is 2.21. The van der Waals surface area contributed by atoms with Gasteiger partial charge >= 0.3 is 0 Å². The van der Waals surface area contributed by atoms with Crippen molar-refractivity contribution < 1.29 is 9.53 Å². The third kappa shape index (κ3) is 4.20. The highest BCUT2D eigenvalue weighted by atomic mass is 35.5. The molecule has 2 aromatic carbocycles. The number of amides is 1. The van der Waals surface area contributed by atoms with Crippen LogP contribution in [0.1, 0.15) is 28.8 Å². The number of halogens is 1. The number of piperidine rings is 1. The molecule has 2 aromatic rings. The molecule has 0 spiro atoms. The van der Waals surface area contributed by atoms with Crippen molar-refractivity contribution in [3.05, 3.63) is 59.7 Å². The van der Waals surface area contributed by atoms with Crippen LogP contribution in [-0.2, 0) is 0 Å². The van der Waals surface area contributed by atoms with Crippen LogP contribution in [0.4, 0.5) is 5.69 Å². The van der Waals surface area contributed by atoms with Crippen LogP contribution in [0.3, 0.4) is 0 Å². The molecule has 128 valence electrons. The van der Waals surface area contributed by atoms with E-state index in [1.165, 1.54) is 0 Å². The number of carbonyl (C=O) groups is 1. The number of nitrogens with zero attached hydrogens (tertiary/aromatic N) is 1. The van der Waals surface area contributed by atoms with E-state index in [9.17, 15) is 4.79 Å². The lowest BCUT2D eigenvalue weighted by atomic mass is 10.0. The van der Waals surface area contributed by atoms with Gasteiger partial charge in [0.1, 0.15) is 11.9 Å². The second kappa shape index (κ2) is 8.06. The molecule has 5 heteroatoms. The van der Waals surface area contributed by atoms with Crippen molar-refractivity contribution in [2.24, 2.45) is 0 Å². The topological polar surface area (TPSA) is 55.6 Å². The third-order valence-corrected chi connectivity index (χ3v) is 4.27. The monoisotopic (exact) mass is 346 g/mol. The summed E-state index contributed by atoms with van der Waals surface area (Å²) in [6.07, 6.45) is 1.87. The van der Waals surface area contributed by atoms with E-state index < -0.39 is 0 Å². The van der Waals surface area contributed by atoms with Crippen LogP contribution in [0.15, 0.2) is 48.5 Å². The lowest BCUT2D eigenvalue weighted by molar-refractivity contribution is 0.0595. The number of rotatable bonds is 3. The van der Waals surface area contributed by atoms with E-state index >= 15 is 0 Å². The summed E-state index contributed by atoms with van der Waals surface area (Å²) >= 11 is 0. The predicted octanol–water partition coefficient (Wildman–Crippen LogP) is 3.68. The zero-order valence-electron chi connectivity index (χ0n) is 13.8. The number of ether oxygens (including phenoxy) is 1. The number of hydrogen-bond acceptors (Lipinski definition) is 3. The molecule has 2 N–H and O–H groups in total. The van der Waals surface area contributed by atoms with Gasteiger partial charge < -0.3 is 15.4 Å². The van der Waals surface area contributed by atoms with Crippen LogP contribution in [0.25, 0.3) is 0 Å². The van der Waals surface area contributed by atoms with Gasteiger partial charge in [-0.1, -0.05) is 24.3 Å². The molecule has 1 aliphatic heterocycles. The lowest BCUT2D eigenvalue weighted by Crippen LogP contribution is -2.42. The first kappa shape index (κ1) is 18.1. The second-order valence-corrected chi connectivity index (χ2v) is 6.00. The van der Waals surface area contributed by atoms with Gasteiger partial charge in [-0.05, 0) is 36.8 Å². The average Bonchev–Trinajstić information content (AvgIpc) is 2.58. The fourth-order valence-electron chi connectivity index (χ4n) is 2.91. The lowest BCUT2D eigenvalue weighted by Gasteiger charge is -2.32. The smallest absolute Gasteiger partial charge is 0.254 e. The number of anilines is 1. The van der Waals surface area contributed by atoms with E-state index in [0.29, 0.717) is 24.3 Å².